The molecule has 0 aromatic heterocycles. The first-order valence-electron chi connectivity index (χ1n) is 5.68. The number of hydrogen-bond donors (Lipinski definition) is 1. The molecule has 0 aliphatic heterocycles. The minimum Gasteiger partial charge on any atom is -0.324 e. The summed E-state index contributed by atoms with van der Waals surface area (Å²) in [6.45, 7) is 2.02. The molecule has 1 atom stereocenters. The Morgan fingerprint density at radius 2 is 2.20 bits per heavy atom. The predicted molar refractivity (Wildman–Crippen MR) is 65.1 cm³/mol. The molecule has 0 amide bonds. The molecule has 1 aliphatic rings. The van der Waals surface area contributed by atoms with Crippen LogP contribution in [0.25, 0.3) is 0 Å². The Morgan fingerprint density at radius 1 is 1.47 bits per heavy atom. The molecule has 0 bridgehead atoms. The van der Waals surface area contributed by atoms with Crippen LogP contribution in [0.3, 0.4) is 0 Å². The second-order valence-electron chi connectivity index (χ2n) is 4.65. The maximum absolute atomic E-state index is 6.17. The summed E-state index contributed by atoms with van der Waals surface area (Å²) < 4.78 is 0. The molecule has 1 unspecified atom stereocenters. The number of benzene rings is 1. The first kappa shape index (κ1) is 11.0. The molecular formula is C13H18ClN. The zero-order chi connectivity index (χ0) is 10.8. The van der Waals surface area contributed by atoms with Crippen LogP contribution >= 0.6 is 11.6 Å². The summed E-state index contributed by atoms with van der Waals surface area (Å²) in [5, 5.41) is 0.830. The third-order valence-corrected chi connectivity index (χ3v) is 3.84. The largest absolute Gasteiger partial charge is 0.324 e. The maximum Gasteiger partial charge on any atom is 0.0438 e. The van der Waals surface area contributed by atoms with Crippen molar-refractivity contribution in [3.8, 4) is 0 Å². The zero-order valence-electron chi connectivity index (χ0n) is 9.17. The number of halogens is 1. The van der Waals surface area contributed by atoms with Crippen LogP contribution < -0.4 is 5.73 Å². The van der Waals surface area contributed by atoms with E-state index in [9.17, 15) is 0 Å². The van der Waals surface area contributed by atoms with Crippen molar-refractivity contribution in [3.05, 3.63) is 34.3 Å². The van der Waals surface area contributed by atoms with Crippen LogP contribution in [0.1, 0.15) is 42.9 Å². The van der Waals surface area contributed by atoms with E-state index in [4.69, 9.17) is 17.3 Å². The Bertz CT molecular complexity index is 344. The second-order valence-corrected chi connectivity index (χ2v) is 5.05. The van der Waals surface area contributed by atoms with Crippen molar-refractivity contribution in [1.29, 1.82) is 0 Å². The topological polar surface area (TPSA) is 26.0 Å². The SMILES string of the molecule is Cc1ccc(C(N)CC2CCC2)cc1Cl. The monoisotopic (exact) mass is 223 g/mol. The van der Waals surface area contributed by atoms with Gasteiger partial charge in [0.05, 0.1) is 0 Å². The predicted octanol–water partition coefficient (Wildman–Crippen LogP) is 3.84. The van der Waals surface area contributed by atoms with Gasteiger partial charge in [-0.2, -0.15) is 0 Å². The normalized spacial score (nSPS) is 18.6. The van der Waals surface area contributed by atoms with Gasteiger partial charge >= 0.3 is 0 Å². The van der Waals surface area contributed by atoms with Crippen molar-refractivity contribution in [3.63, 3.8) is 0 Å². The Labute approximate surface area is 96.6 Å². The van der Waals surface area contributed by atoms with Crippen LogP contribution in [0.4, 0.5) is 0 Å². The van der Waals surface area contributed by atoms with Crippen molar-refractivity contribution in [2.45, 2.75) is 38.6 Å². The number of hydrogen-bond acceptors (Lipinski definition) is 1. The van der Waals surface area contributed by atoms with Crippen molar-refractivity contribution < 1.29 is 0 Å². The molecule has 15 heavy (non-hydrogen) atoms. The van der Waals surface area contributed by atoms with Gasteiger partial charge in [0.1, 0.15) is 0 Å². The fourth-order valence-electron chi connectivity index (χ4n) is 2.06. The molecule has 1 nitrogen and oxygen atoms in total. The van der Waals surface area contributed by atoms with Crippen molar-refractivity contribution in [2.24, 2.45) is 11.7 Å². The Hall–Kier alpha value is -0.530. The molecule has 2 rings (SSSR count). The molecule has 0 radical (unpaired) electrons. The highest BCUT2D eigenvalue weighted by molar-refractivity contribution is 6.31. The van der Waals surface area contributed by atoms with Gasteiger partial charge in [-0.3, -0.25) is 0 Å². The van der Waals surface area contributed by atoms with Crippen LogP contribution in [0.2, 0.25) is 5.02 Å². The van der Waals surface area contributed by atoms with Crippen LogP contribution in [0.15, 0.2) is 18.2 Å². The molecule has 0 saturated heterocycles. The van der Waals surface area contributed by atoms with E-state index < -0.39 is 0 Å². The molecule has 2 heteroatoms. The van der Waals surface area contributed by atoms with Gasteiger partial charge < -0.3 is 5.73 Å². The highest BCUT2D eigenvalue weighted by Gasteiger charge is 2.21. The van der Waals surface area contributed by atoms with Crippen LogP contribution in [0, 0.1) is 12.8 Å². The van der Waals surface area contributed by atoms with Crippen LogP contribution in [-0.4, -0.2) is 0 Å². The highest BCUT2D eigenvalue weighted by Crippen LogP contribution is 2.34. The van der Waals surface area contributed by atoms with Crippen molar-refractivity contribution >= 4 is 11.6 Å². The van der Waals surface area contributed by atoms with Gasteiger partial charge in [-0.1, -0.05) is 43.0 Å². The molecule has 1 saturated carbocycles. The third kappa shape index (κ3) is 2.53. The van der Waals surface area contributed by atoms with Crippen LogP contribution in [0.5, 0.6) is 0 Å². The van der Waals surface area contributed by atoms with Gasteiger partial charge in [0, 0.05) is 11.1 Å². The summed E-state index contributed by atoms with van der Waals surface area (Å²) in [6, 6.07) is 6.33. The first-order valence-corrected chi connectivity index (χ1v) is 6.06. The zero-order valence-corrected chi connectivity index (χ0v) is 9.93. The summed E-state index contributed by atoms with van der Waals surface area (Å²) in [5.74, 6) is 0.847. The standard InChI is InChI=1S/C13H18ClN/c1-9-5-6-11(8-12(9)14)13(15)7-10-3-2-4-10/h5-6,8,10,13H,2-4,7,15H2,1H3. The van der Waals surface area contributed by atoms with E-state index in [0.29, 0.717) is 0 Å². The van der Waals surface area contributed by atoms with E-state index in [1.165, 1.54) is 24.8 Å². The first-order chi connectivity index (χ1) is 7.16. The summed E-state index contributed by atoms with van der Waals surface area (Å²) in [6.07, 6.45) is 5.20. The van der Waals surface area contributed by atoms with E-state index in [-0.39, 0.29) is 6.04 Å². The minimum atomic E-state index is 0.161. The molecule has 2 N–H and O–H groups in total. The Balaban J connectivity index is 2.03. The Morgan fingerprint density at radius 3 is 2.73 bits per heavy atom. The smallest absolute Gasteiger partial charge is 0.0438 e. The average molecular weight is 224 g/mol. The number of rotatable bonds is 3. The third-order valence-electron chi connectivity index (χ3n) is 3.44. The minimum absolute atomic E-state index is 0.161. The van der Waals surface area contributed by atoms with Crippen molar-refractivity contribution in [2.75, 3.05) is 0 Å². The van der Waals surface area contributed by atoms with Gasteiger partial charge in [0.15, 0.2) is 0 Å². The number of nitrogens with two attached hydrogens (primary N) is 1. The van der Waals surface area contributed by atoms with Crippen LogP contribution in [-0.2, 0) is 0 Å². The summed E-state index contributed by atoms with van der Waals surface area (Å²) in [7, 11) is 0. The van der Waals surface area contributed by atoms with E-state index in [0.717, 1.165) is 22.9 Å². The fourth-order valence-corrected chi connectivity index (χ4v) is 2.25. The van der Waals surface area contributed by atoms with Gasteiger partial charge in [0.25, 0.3) is 0 Å². The molecule has 1 fully saturated rings. The molecule has 1 aliphatic carbocycles. The van der Waals surface area contributed by atoms with Gasteiger partial charge in [-0.15, -0.1) is 0 Å². The highest BCUT2D eigenvalue weighted by atomic mass is 35.5. The molecule has 0 spiro atoms. The van der Waals surface area contributed by atoms with Gasteiger partial charge in [-0.25, -0.2) is 0 Å². The Kier molecular flexibility index (Phi) is 3.32. The molecule has 0 heterocycles. The molecule has 1 aromatic rings. The summed E-state index contributed by atoms with van der Waals surface area (Å²) in [4.78, 5) is 0. The van der Waals surface area contributed by atoms with E-state index >= 15 is 0 Å². The average Bonchev–Trinajstić information content (AvgIpc) is 2.15. The quantitative estimate of drug-likeness (QED) is 0.828. The van der Waals surface area contributed by atoms with Crippen molar-refractivity contribution in [1.82, 2.24) is 0 Å². The van der Waals surface area contributed by atoms with Gasteiger partial charge in [0.2, 0.25) is 0 Å². The summed E-state index contributed by atoms with van der Waals surface area (Å²) >= 11 is 6.09. The molecule has 1 aromatic carbocycles. The number of aryl methyl sites for hydroxylation is 1. The second kappa shape index (κ2) is 4.54. The fraction of sp³-hybridized carbons (Fsp3) is 0.538. The summed E-state index contributed by atoms with van der Waals surface area (Å²) in [5.41, 5.74) is 8.47. The molecule has 82 valence electrons. The van der Waals surface area contributed by atoms with E-state index in [2.05, 4.69) is 12.1 Å². The maximum atomic E-state index is 6.17. The molecular weight excluding hydrogens is 206 g/mol. The van der Waals surface area contributed by atoms with E-state index in [1.54, 1.807) is 0 Å². The lowest BCUT2D eigenvalue weighted by molar-refractivity contribution is 0.277. The lowest BCUT2D eigenvalue weighted by Crippen LogP contribution is -2.20. The lowest BCUT2D eigenvalue weighted by Gasteiger charge is -2.28. The lowest BCUT2D eigenvalue weighted by atomic mass is 9.80. The van der Waals surface area contributed by atoms with Gasteiger partial charge in [-0.05, 0) is 36.5 Å². The van der Waals surface area contributed by atoms with E-state index in [1.807, 2.05) is 13.0 Å².